The third-order valence-electron chi connectivity index (χ3n) is 6.48. The molecule has 2 aliphatic heterocycles. The summed E-state index contributed by atoms with van der Waals surface area (Å²) in [6.07, 6.45) is 2.31. The number of amides is 2. The van der Waals surface area contributed by atoms with Gasteiger partial charge in [-0.25, -0.2) is 27.5 Å². The largest absolute Gasteiger partial charge is 0.435 e. The lowest BCUT2D eigenvalue weighted by Crippen LogP contribution is -2.56. The molecular formula is C23H25F4N5O3. The standard InChI is InChI=1S/C23H25F4N5O3/c1-13(32-7-6-23(26,27)17(12-32)14-2-5-20(33)29-9-14)21(34)31-19-4-3-16(11-28-19)35-22-18(25)8-15(24)10-30-22/h3-4,8,10-11,13-14,17H,2,5-7,9,12H2,1H3,(H,29,33)(H,28,31,34)/t13?,14?,17-/m1/s1. The first-order valence-electron chi connectivity index (χ1n) is 11.3. The van der Waals surface area contributed by atoms with E-state index in [4.69, 9.17) is 4.74 Å². The second-order valence-corrected chi connectivity index (χ2v) is 8.80. The number of ether oxygens (including phenoxy) is 1. The Bertz CT molecular complexity index is 1080. The summed E-state index contributed by atoms with van der Waals surface area (Å²) in [7, 11) is 0. The van der Waals surface area contributed by atoms with Crippen LogP contribution in [-0.2, 0) is 9.59 Å². The molecule has 3 atom stereocenters. The topological polar surface area (TPSA) is 96.4 Å². The molecule has 2 aromatic rings. The van der Waals surface area contributed by atoms with E-state index in [0.717, 1.165) is 6.20 Å². The maximum Gasteiger partial charge on any atom is 0.256 e. The first-order valence-corrected chi connectivity index (χ1v) is 11.3. The fourth-order valence-electron chi connectivity index (χ4n) is 4.40. The van der Waals surface area contributed by atoms with E-state index in [1.165, 1.54) is 18.3 Å². The highest BCUT2D eigenvalue weighted by atomic mass is 19.3. The SMILES string of the molecule is CC(C(=O)Nc1ccc(Oc2ncc(F)cc2F)cn1)N1CCC(F)(F)[C@@H](C2CCC(=O)NC2)C1. The predicted octanol–water partition coefficient (Wildman–Crippen LogP) is 3.36. The van der Waals surface area contributed by atoms with Crippen LogP contribution in [-0.4, -0.2) is 58.3 Å². The third kappa shape index (κ3) is 5.87. The van der Waals surface area contributed by atoms with Crippen molar-refractivity contribution in [2.45, 2.75) is 38.2 Å². The van der Waals surface area contributed by atoms with Crippen molar-refractivity contribution in [2.24, 2.45) is 11.8 Å². The normalized spacial score (nSPS) is 23.3. The molecule has 2 aromatic heterocycles. The van der Waals surface area contributed by atoms with Gasteiger partial charge in [0.2, 0.25) is 11.8 Å². The molecule has 12 heteroatoms. The first-order chi connectivity index (χ1) is 16.6. The van der Waals surface area contributed by atoms with E-state index in [0.29, 0.717) is 12.5 Å². The molecular weight excluding hydrogens is 470 g/mol. The number of alkyl halides is 2. The van der Waals surface area contributed by atoms with Gasteiger partial charge in [-0.3, -0.25) is 14.5 Å². The molecule has 4 heterocycles. The monoisotopic (exact) mass is 495 g/mol. The maximum atomic E-state index is 14.7. The fourth-order valence-corrected chi connectivity index (χ4v) is 4.40. The van der Waals surface area contributed by atoms with Crippen LogP contribution in [0.4, 0.5) is 23.4 Å². The Balaban J connectivity index is 1.35. The Kier molecular flexibility index (Phi) is 7.20. The van der Waals surface area contributed by atoms with Gasteiger partial charge in [-0.05, 0) is 31.4 Å². The number of rotatable bonds is 6. The van der Waals surface area contributed by atoms with E-state index in [1.54, 1.807) is 11.8 Å². The number of anilines is 1. The lowest BCUT2D eigenvalue weighted by molar-refractivity contribution is -0.145. The Morgan fingerprint density at radius 3 is 2.74 bits per heavy atom. The zero-order chi connectivity index (χ0) is 25.2. The summed E-state index contributed by atoms with van der Waals surface area (Å²) in [5.74, 6) is -6.65. The number of pyridine rings is 2. The Morgan fingerprint density at radius 1 is 1.29 bits per heavy atom. The Hall–Kier alpha value is -3.28. The average Bonchev–Trinajstić information content (AvgIpc) is 2.82. The van der Waals surface area contributed by atoms with E-state index in [1.807, 2.05) is 0 Å². The number of nitrogens with zero attached hydrogens (tertiary/aromatic N) is 3. The van der Waals surface area contributed by atoms with Crippen molar-refractivity contribution < 1.29 is 31.9 Å². The number of carbonyl (C=O) groups excluding carboxylic acids is 2. The lowest BCUT2D eigenvalue weighted by Gasteiger charge is -2.44. The summed E-state index contributed by atoms with van der Waals surface area (Å²) in [5.41, 5.74) is 0. The van der Waals surface area contributed by atoms with Crippen LogP contribution in [0.25, 0.3) is 0 Å². The predicted molar refractivity (Wildman–Crippen MR) is 117 cm³/mol. The minimum Gasteiger partial charge on any atom is -0.435 e. The Morgan fingerprint density at radius 2 is 2.09 bits per heavy atom. The van der Waals surface area contributed by atoms with E-state index >= 15 is 0 Å². The van der Waals surface area contributed by atoms with Gasteiger partial charge in [-0.2, -0.15) is 0 Å². The Labute approximate surface area is 199 Å². The zero-order valence-electron chi connectivity index (χ0n) is 18.9. The van der Waals surface area contributed by atoms with Crippen LogP contribution in [0.15, 0.2) is 30.6 Å². The average molecular weight is 495 g/mol. The van der Waals surface area contributed by atoms with Crippen molar-refractivity contribution >= 4 is 17.6 Å². The van der Waals surface area contributed by atoms with Gasteiger partial charge < -0.3 is 15.4 Å². The molecule has 35 heavy (non-hydrogen) atoms. The van der Waals surface area contributed by atoms with Crippen LogP contribution in [0.5, 0.6) is 11.6 Å². The minimum absolute atomic E-state index is 0.0402. The molecule has 2 fully saturated rings. The molecule has 2 unspecified atom stereocenters. The molecule has 188 valence electrons. The smallest absolute Gasteiger partial charge is 0.256 e. The summed E-state index contributed by atoms with van der Waals surface area (Å²) in [6, 6.07) is 2.80. The van der Waals surface area contributed by atoms with Gasteiger partial charge in [-0.15, -0.1) is 0 Å². The van der Waals surface area contributed by atoms with Gasteiger partial charge in [-0.1, -0.05) is 0 Å². The number of hydrogen-bond donors (Lipinski definition) is 2. The molecule has 0 radical (unpaired) electrons. The highest BCUT2D eigenvalue weighted by molar-refractivity contribution is 5.93. The van der Waals surface area contributed by atoms with Crippen molar-refractivity contribution in [1.29, 1.82) is 0 Å². The summed E-state index contributed by atoms with van der Waals surface area (Å²) < 4.78 is 61.2. The van der Waals surface area contributed by atoms with E-state index in [9.17, 15) is 27.2 Å². The molecule has 2 aliphatic rings. The van der Waals surface area contributed by atoms with Gasteiger partial charge in [0.25, 0.3) is 11.8 Å². The van der Waals surface area contributed by atoms with Crippen molar-refractivity contribution in [3.05, 3.63) is 42.2 Å². The summed E-state index contributed by atoms with van der Waals surface area (Å²) in [5, 5.41) is 5.30. The van der Waals surface area contributed by atoms with Crippen LogP contribution in [0, 0.1) is 23.5 Å². The first kappa shape index (κ1) is 24.8. The molecule has 2 N–H and O–H groups in total. The molecule has 0 aliphatic carbocycles. The van der Waals surface area contributed by atoms with Gasteiger partial charge in [0, 0.05) is 44.5 Å². The van der Waals surface area contributed by atoms with Crippen molar-refractivity contribution in [1.82, 2.24) is 20.2 Å². The number of piperidine rings is 2. The molecule has 0 bridgehead atoms. The molecule has 0 saturated carbocycles. The summed E-state index contributed by atoms with van der Waals surface area (Å²) in [4.78, 5) is 33.5. The number of carbonyl (C=O) groups is 2. The van der Waals surface area contributed by atoms with Crippen LogP contribution >= 0.6 is 0 Å². The maximum absolute atomic E-state index is 14.7. The van der Waals surface area contributed by atoms with Gasteiger partial charge >= 0.3 is 0 Å². The highest BCUT2D eigenvalue weighted by Gasteiger charge is 2.49. The summed E-state index contributed by atoms with van der Waals surface area (Å²) >= 11 is 0. The molecule has 0 aromatic carbocycles. The second kappa shape index (κ2) is 10.1. The van der Waals surface area contributed by atoms with E-state index in [-0.39, 0.29) is 55.9 Å². The van der Waals surface area contributed by atoms with Crippen molar-refractivity contribution in [3.63, 3.8) is 0 Å². The van der Waals surface area contributed by atoms with Gasteiger partial charge in [0.1, 0.15) is 17.4 Å². The number of likely N-dealkylation sites (tertiary alicyclic amines) is 1. The number of aromatic nitrogens is 2. The van der Waals surface area contributed by atoms with Gasteiger partial charge in [0.15, 0.2) is 5.82 Å². The molecule has 4 rings (SSSR count). The van der Waals surface area contributed by atoms with Crippen molar-refractivity contribution in [2.75, 3.05) is 25.0 Å². The van der Waals surface area contributed by atoms with Gasteiger partial charge in [0.05, 0.1) is 18.4 Å². The molecule has 2 amide bonds. The van der Waals surface area contributed by atoms with E-state index in [2.05, 4.69) is 20.6 Å². The minimum atomic E-state index is -2.87. The zero-order valence-corrected chi connectivity index (χ0v) is 18.9. The number of hydrogen-bond acceptors (Lipinski definition) is 6. The number of nitrogens with one attached hydrogen (secondary N) is 2. The van der Waals surface area contributed by atoms with E-state index < -0.39 is 41.3 Å². The lowest BCUT2D eigenvalue weighted by atomic mass is 9.78. The number of halogens is 4. The van der Waals surface area contributed by atoms with Crippen LogP contribution in [0.2, 0.25) is 0 Å². The molecule has 2 saturated heterocycles. The van der Waals surface area contributed by atoms with Crippen LogP contribution < -0.4 is 15.4 Å². The van der Waals surface area contributed by atoms with Crippen LogP contribution in [0.3, 0.4) is 0 Å². The quantitative estimate of drug-likeness (QED) is 0.597. The third-order valence-corrected chi connectivity index (χ3v) is 6.48. The highest BCUT2D eigenvalue weighted by Crippen LogP contribution is 2.40. The second-order valence-electron chi connectivity index (χ2n) is 8.80. The fraction of sp³-hybridized carbons (Fsp3) is 0.478. The molecule has 0 spiro atoms. The molecule has 8 nitrogen and oxygen atoms in total. The van der Waals surface area contributed by atoms with Crippen LogP contribution in [0.1, 0.15) is 26.2 Å². The van der Waals surface area contributed by atoms with Crippen molar-refractivity contribution in [3.8, 4) is 11.6 Å². The summed E-state index contributed by atoms with van der Waals surface area (Å²) in [6.45, 7) is 1.95.